The van der Waals surface area contributed by atoms with Gasteiger partial charge in [0.25, 0.3) is 0 Å². The molecule has 0 bridgehead atoms. The van der Waals surface area contributed by atoms with E-state index in [2.05, 4.69) is 5.10 Å². The number of benzene rings is 1. The Labute approximate surface area is 141 Å². The minimum absolute atomic E-state index is 0.473. The summed E-state index contributed by atoms with van der Waals surface area (Å²) in [7, 11) is 5.18. The van der Waals surface area contributed by atoms with Crippen LogP contribution in [0, 0.1) is 13.8 Å². The lowest BCUT2D eigenvalue weighted by Crippen LogP contribution is -2.31. The number of nitrogens with zero attached hydrogens (tertiary/aromatic N) is 3. The van der Waals surface area contributed by atoms with Gasteiger partial charge in [-0.1, -0.05) is 6.07 Å². The summed E-state index contributed by atoms with van der Waals surface area (Å²) in [6.07, 6.45) is 0. The number of methoxy groups -OCH3 is 1. The zero-order valence-corrected chi connectivity index (χ0v) is 14.7. The highest BCUT2D eigenvalue weighted by Crippen LogP contribution is 2.29. The van der Waals surface area contributed by atoms with Crippen molar-refractivity contribution < 1.29 is 14.6 Å². The van der Waals surface area contributed by atoms with Gasteiger partial charge in [0, 0.05) is 24.8 Å². The first kappa shape index (κ1) is 17.8. The van der Waals surface area contributed by atoms with Crippen LogP contribution in [0.3, 0.4) is 0 Å². The Bertz CT molecular complexity index is 755. The minimum Gasteiger partial charge on any atom is -0.495 e. The van der Waals surface area contributed by atoms with E-state index < -0.39 is 12.0 Å². The van der Waals surface area contributed by atoms with Crippen molar-refractivity contribution in [3.8, 4) is 5.75 Å². The summed E-state index contributed by atoms with van der Waals surface area (Å²) in [5, 5.41) is 14.1. The highest BCUT2D eigenvalue weighted by atomic mass is 16.5. The largest absolute Gasteiger partial charge is 0.495 e. The number of carboxylic acids is 1. The predicted octanol–water partition coefficient (Wildman–Crippen LogP) is 1.89. The fraction of sp³-hybridized carbons (Fsp3) is 0.412. The Balaban J connectivity index is 2.35. The third-order valence-corrected chi connectivity index (χ3v) is 4.31. The molecule has 1 atom stereocenters. The molecule has 0 spiro atoms. The van der Waals surface area contributed by atoms with Gasteiger partial charge in [-0.15, -0.1) is 0 Å². The van der Waals surface area contributed by atoms with Crippen molar-refractivity contribution in [1.82, 2.24) is 14.7 Å². The number of carbonyl (C=O) groups is 1. The van der Waals surface area contributed by atoms with Crippen molar-refractivity contribution in [1.29, 1.82) is 0 Å². The summed E-state index contributed by atoms with van der Waals surface area (Å²) >= 11 is 0. The van der Waals surface area contributed by atoms with E-state index in [1.165, 1.54) is 7.11 Å². The number of ether oxygens (including phenoxy) is 1. The van der Waals surface area contributed by atoms with Crippen LogP contribution in [0.2, 0.25) is 0 Å². The number of aryl methyl sites for hydroxylation is 2. The molecule has 0 saturated carbocycles. The SMILES string of the molecule is COc1cc([C@@H](C(=O)O)N(C)Cc2c(C)nn(C)c2C)ccc1N. The number of hydrogen-bond donors (Lipinski definition) is 2. The van der Waals surface area contributed by atoms with Crippen LogP contribution in [-0.4, -0.2) is 39.9 Å². The van der Waals surface area contributed by atoms with Crippen LogP contribution in [0.1, 0.15) is 28.6 Å². The highest BCUT2D eigenvalue weighted by Gasteiger charge is 2.27. The summed E-state index contributed by atoms with van der Waals surface area (Å²) in [5.74, 6) is -0.454. The average Bonchev–Trinajstić information content (AvgIpc) is 2.75. The van der Waals surface area contributed by atoms with Gasteiger partial charge in [0.15, 0.2) is 0 Å². The van der Waals surface area contributed by atoms with E-state index in [1.807, 2.05) is 20.9 Å². The molecule has 0 aliphatic heterocycles. The molecule has 2 rings (SSSR count). The lowest BCUT2D eigenvalue weighted by molar-refractivity contribution is -0.143. The molecule has 1 heterocycles. The molecule has 2 aromatic rings. The quantitative estimate of drug-likeness (QED) is 0.785. The molecule has 0 fully saturated rings. The van der Waals surface area contributed by atoms with E-state index in [9.17, 15) is 9.90 Å². The van der Waals surface area contributed by atoms with Crippen molar-refractivity contribution in [2.24, 2.45) is 7.05 Å². The van der Waals surface area contributed by atoms with Gasteiger partial charge in [-0.3, -0.25) is 14.4 Å². The molecule has 3 N–H and O–H groups in total. The molecule has 0 aliphatic rings. The second-order valence-electron chi connectivity index (χ2n) is 5.93. The van der Waals surface area contributed by atoms with E-state index in [1.54, 1.807) is 34.8 Å². The Morgan fingerprint density at radius 2 is 2.12 bits per heavy atom. The summed E-state index contributed by atoms with van der Waals surface area (Å²) in [6.45, 7) is 4.39. The van der Waals surface area contributed by atoms with E-state index in [-0.39, 0.29) is 0 Å². The molecular weight excluding hydrogens is 308 g/mol. The van der Waals surface area contributed by atoms with Crippen LogP contribution in [0.15, 0.2) is 18.2 Å². The number of aliphatic carboxylic acids is 1. The van der Waals surface area contributed by atoms with Crippen molar-refractivity contribution in [3.63, 3.8) is 0 Å². The van der Waals surface area contributed by atoms with Gasteiger partial charge in [0.05, 0.1) is 18.5 Å². The van der Waals surface area contributed by atoms with Crippen LogP contribution in [0.5, 0.6) is 5.75 Å². The van der Waals surface area contributed by atoms with Crippen LogP contribution in [-0.2, 0) is 18.4 Å². The van der Waals surface area contributed by atoms with Crippen molar-refractivity contribution in [3.05, 3.63) is 40.7 Å². The Hall–Kier alpha value is -2.54. The van der Waals surface area contributed by atoms with Gasteiger partial charge in [-0.2, -0.15) is 5.10 Å². The normalized spacial score (nSPS) is 12.4. The number of rotatable bonds is 6. The predicted molar refractivity (Wildman–Crippen MR) is 91.9 cm³/mol. The maximum absolute atomic E-state index is 11.9. The van der Waals surface area contributed by atoms with E-state index in [4.69, 9.17) is 10.5 Å². The second-order valence-corrected chi connectivity index (χ2v) is 5.93. The molecule has 0 saturated heterocycles. The molecule has 0 radical (unpaired) electrons. The first-order valence-electron chi connectivity index (χ1n) is 7.61. The molecule has 24 heavy (non-hydrogen) atoms. The fourth-order valence-corrected chi connectivity index (χ4v) is 2.87. The van der Waals surface area contributed by atoms with Crippen LogP contribution < -0.4 is 10.5 Å². The van der Waals surface area contributed by atoms with Gasteiger partial charge in [-0.25, -0.2) is 0 Å². The number of hydrogen-bond acceptors (Lipinski definition) is 5. The van der Waals surface area contributed by atoms with Crippen LogP contribution >= 0.6 is 0 Å². The molecule has 7 heteroatoms. The molecule has 0 aliphatic carbocycles. The lowest BCUT2D eigenvalue weighted by Gasteiger charge is -2.25. The molecule has 130 valence electrons. The standard InChI is InChI=1S/C17H24N4O3/c1-10-13(11(2)21(4)19-10)9-20(3)16(17(22)23)12-6-7-14(18)15(8-12)24-5/h6-8,16H,9,18H2,1-5H3,(H,22,23)/t16-/m0/s1. The van der Waals surface area contributed by atoms with Gasteiger partial charge >= 0.3 is 5.97 Å². The van der Waals surface area contributed by atoms with Crippen LogP contribution in [0.25, 0.3) is 0 Å². The second kappa shape index (κ2) is 6.92. The number of anilines is 1. The van der Waals surface area contributed by atoms with Gasteiger partial charge in [-0.05, 0) is 38.6 Å². The summed E-state index contributed by atoms with van der Waals surface area (Å²) in [4.78, 5) is 13.6. The van der Waals surface area contributed by atoms with Crippen molar-refractivity contribution in [2.45, 2.75) is 26.4 Å². The Kier molecular flexibility index (Phi) is 5.14. The third-order valence-electron chi connectivity index (χ3n) is 4.31. The van der Waals surface area contributed by atoms with Crippen molar-refractivity contribution in [2.75, 3.05) is 19.9 Å². The maximum atomic E-state index is 11.9. The number of aromatic nitrogens is 2. The average molecular weight is 332 g/mol. The molecule has 7 nitrogen and oxygen atoms in total. The van der Waals surface area contributed by atoms with E-state index in [0.717, 1.165) is 17.0 Å². The van der Waals surface area contributed by atoms with Gasteiger partial charge in [0.2, 0.25) is 0 Å². The molecule has 0 amide bonds. The van der Waals surface area contributed by atoms with E-state index >= 15 is 0 Å². The van der Waals surface area contributed by atoms with E-state index in [0.29, 0.717) is 23.5 Å². The fourth-order valence-electron chi connectivity index (χ4n) is 2.87. The molecule has 1 aromatic carbocycles. The maximum Gasteiger partial charge on any atom is 0.325 e. The number of likely N-dealkylation sites (N-methyl/N-ethyl adjacent to an activating group) is 1. The zero-order chi connectivity index (χ0) is 18.0. The number of carboxylic acid groups (broad SMARTS) is 1. The van der Waals surface area contributed by atoms with Crippen molar-refractivity contribution >= 4 is 11.7 Å². The summed E-state index contributed by atoms with van der Waals surface area (Å²) in [5.41, 5.74) is 9.89. The number of nitrogen functional groups attached to an aromatic ring is 1. The van der Waals surface area contributed by atoms with Crippen LogP contribution in [0.4, 0.5) is 5.69 Å². The van der Waals surface area contributed by atoms with Gasteiger partial charge < -0.3 is 15.6 Å². The monoisotopic (exact) mass is 332 g/mol. The smallest absolute Gasteiger partial charge is 0.325 e. The third kappa shape index (κ3) is 3.35. The lowest BCUT2D eigenvalue weighted by atomic mass is 10.0. The Morgan fingerprint density at radius 1 is 1.46 bits per heavy atom. The topological polar surface area (TPSA) is 93.6 Å². The first-order valence-corrected chi connectivity index (χ1v) is 7.61. The highest BCUT2D eigenvalue weighted by molar-refractivity contribution is 5.76. The molecule has 0 unspecified atom stereocenters. The molecule has 1 aromatic heterocycles. The summed E-state index contributed by atoms with van der Waals surface area (Å²) in [6, 6.07) is 4.25. The first-order chi connectivity index (χ1) is 11.3. The zero-order valence-electron chi connectivity index (χ0n) is 14.7. The number of nitrogens with two attached hydrogens (primary N) is 1. The van der Waals surface area contributed by atoms with Gasteiger partial charge in [0.1, 0.15) is 11.8 Å². The summed E-state index contributed by atoms with van der Waals surface area (Å²) < 4.78 is 7.01. The molecular formula is C17H24N4O3. The minimum atomic E-state index is -0.927. The Morgan fingerprint density at radius 3 is 2.62 bits per heavy atom.